The van der Waals surface area contributed by atoms with Gasteiger partial charge in [-0.05, 0) is 60.5 Å². The lowest BCUT2D eigenvalue weighted by atomic mass is 10.1. The Morgan fingerprint density at radius 1 is 1.04 bits per heavy atom. The SMILES string of the molecule is N[C@@H](Cc1ccc(Oc2ccc(Nc3ccccn3)cc2)cc1)C(=O)O. The van der Waals surface area contributed by atoms with Crippen LogP contribution in [-0.2, 0) is 11.2 Å². The number of aromatic nitrogens is 1. The molecule has 4 N–H and O–H groups in total. The number of nitrogens with two attached hydrogens (primary N) is 1. The Bertz CT molecular complexity index is 850. The first kappa shape index (κ1) is 17.4. The summed E-state index contributed by atoms with van der Waals surface area (Å²) in [4.78, 5) is 15.0. The Morgan fingerprint density at radius 2 is 1.69 bits per heavy atom. The van der Waals surface area contributed by atoms with Crippen LogP contribution >= 0.6 is 0 Å². The van der Waals surface area contributed by atoms with E-state index in [1.807, 2.05) is 54.6 Å². The van der Waals surface area contributed by atoms with Crippen LogP contribution in [-0.4, -0.2) is 22.1 Å². The average molecular weight is 349 g/mol. The van der Waals surface area contributed by atoms with Gasteiger partial charge in [0.2, 0.25) is 0 Å². The largest absolute Gasteiger partial charge is 0.480 e. The van der Waals surface area contributed by atoms with E-state index in [4.69, 9.17) is 15.6 Å². The Kier molecular flexibility index (Phi) is 5.46. The van der Waals surface area contributed by atoms with Crippen LogP contribution in [0.3, 0.4) is 0 Å². The fraction of sp³-hybridized carbons (Fsp3) is 0.100. The van der Waals surface area contributed by atoms with Crippen LogP contribution < -0.4 is 15.8 Å². The molecule has 0 spiro atoms. The van der Waals surface area contributed by atoms with Gasteiger partial charge in [-0.2, -0.15) is 0 Å². The Labute approximate surface area is 151 Å². The highest BCUT2D eigenvalue weighted by atomic mass is 16.5. The van der Waals surface area contributed by atoms with Gasteiger partial charge in [0.05, 0.1) is 0 Å². The molecular weight excluding hydrogens is 330 g/mol. The fourth-order valence-corrected chi connectivity index (χ4v) is 2.36. The van der Waals surface area contributed by atoms with Gasteiger partial charge in [0.25, 0.3) is 0 Å². The Hall–Kier alpha value is -3.38. The lowest BCUT2D eigenvalue weighted by molar-refractivity contribution is -0.138. The summed E-state index contributed by atoms with van der Waals surface area (Å²) in [6, 6.07) is 19.5. The molecule has 26 heavy (non-hydrogen) atoms. The van der Waals surface area contributed by atoms with Crippen molar-refractivity contribution in [2.24, 2.45) is 5.73 Å². The molecule has 1 aromatic heterocycles. The number of hydrogen-bond acceptors (Lipinski definition) is 5. The topological polar surface area (TPSA) is 97.5 Å². The van der Waals surface area contributed by atoms with E-state index in [9.17, 15) is 4.79 Å². The van der Waals surface area contributed by atoms with Gasteiger partial charge in [0.1, 0.15) is 23.4 Å². The summed E-state index contributed by atoms with van der Waals surface area (Å²) in [6.07, 6.45) is 2.01. The zero-order chi connectivity index (χ0) is 18.4. The van der Waals surface area contributed by atoms with Gasteiger partial charge < -0.3 is 20.9 Å². The summed E-state index contributed by atoms with van der Waals surface area (Å²) < 4.78 is 5.80. The van der Waals surface area contributed by atoms with Crippen LogP contribution in [0.25, 0.3) is 0 Å². The molecule has 0 aliphatic rings. The number of nitrogens with zero attached hydrogens (tertiary/aromatic N) is 1. The van der Waals surface area contributed by atoms with Crippen molar-refractivity contribution in [3.63, 3.8) is 0 Å². The third-order valence-electron chi connectivity index (χ3n) is 3.72. The third kappa shape index (κ3) is 4.81. The molecule has 0 unspecified atom stereocenters. The van der Waals surface area contributed by atoms with Crippen molar-refractivity contribution in [2.75, 3.05) is 5.32 Å². The molecule has 0 amide bonds. The second kappa shape index (κ2) is 8.13. The molecule has 0 saturated heterocycles. The fourth-order valence-electron chi connectivity index (χ4n) is 2.36. The number of pyridine rings is 1. The van der Waals surface area contributed by atoms with Crippen LogP contribution in [0.5, 0.6) is 11.5 Å². The monoisotopic (exact) mass is 349 g/mol. The Morgan fingerprint density at radius 3 is 2.27 bits per heavy atom. The molecule has 132 valence electrons. The minimum Gasteiger partial charge on any atom is -0.480 e. The first-order chi connectivity index (χ1) is 12.6. The Balaban J connectivity index is 1.59. The van der Waals surface area contributed by atoms with E-state index in [1.165, 1.54) is 0 Å². The summed E-state index contributed by atoms with van der Waals surface area (Å²) in [7, 11) is 0. The van der Waals surface area contributed by atoms with Crippen molar-refractivity contribution in [3.8, 4) is 11.5 Å². The van der Waals surface area contributed by atoms with E-state index < -0.39 is 12.0 Å². The smallest absolute Gasteiger partial charge is 0.320 e. The van der Waals surface area contributed by atoms with Gasteiger partial charge in [-0.3, -0.25) is 4.79 Å². The number of benzene rings is 2. The van der Waals surface area contributed by atoms with Gasteiger partial charge in [-0.15, -0.1) is 0 Å². The average Bonchev–Trinajstić information content (AvgIpc) is 2.66. The van der Waals surface area contributed by atoms with Crippen LogP contribution in [0.4, 0.5) is 11.5 Å². The normalized spacial score (nSPS) is 11.6. The van der Waals surface area contributed by atoms with Crippen molar-refractivity contribution in [2.45, 2.75) is 12.5 Å². The summed E-state index contributed by atoms with van der Waals surface area (Å²) >= 11 is 0. The minimum absolute atomic E-state index is 0.281. The van der Waals surface area contributed by atoms with Gasteiger partial charge >= 0.3 is 5.97 Å². The predicted octanol–water partition coefficient (Wildman–Crippen LogP) is 3.57. The molecule has 3 rings (SSSR count). The van der Waals surface area contributed by atoms with Crippen LogP contribution in [0.1, 0.15) is 5.56 Å². The van der Waals surface area contributed by atoms with E-state index in [2.05, 4.69) is 10.3 Å². The zero-order valence-corrected chi connectivity index (χ0v) is 14.0. The molecule has 0 radical (unpaired) electrons. The van der Waals surface area contributed by atoms with Crippen molar-refractivity contribution < 1.29 is 14.6 Å². The van der Waals surface area contributed by atoms with Crippen LogP contribution in [0.2, 0.25) is 0 Å². The maximum Gasteiger partial charge on any atom is 0.320 e. The molecule has 2 aromatic carbocycles. The van der Waals surface area contributed by atoms with Crippen molar-refractivity contribution >= 4 is 17.5 Å². The van der Waals surface area contributed by atoms with Crippen molar-refractivity contribution in [1.82, 2.24) is 4.98 Å². The molecule has 0 fully saturated rings. The third-order valence-corrected chi connectivity index (χ3v) is 3.72. The highest BCUT2D eigenvalue weighted by molar-refractivity contribution is 5.73. The number of carboxylic acids is 1. The second-order valence-corrected chi connectivity index (χ2v) is 5.76. The summed E-state index contributed by atoms with van der Waals surface area (Å²) in [6.45, 7) is 0. The number of carbonyl (C=O) groups is 1. The standard InChI is InChI=1S/C20H19N3O3/c21-18(20(24)25)13-14-4-8-16(9-5-14)26-17-10-6-15(7-11-17)23-19-3-1-2-12-22-19/h1-12,18H,13,21H2,(H,22,23)(H,24,25)/t18-/m0/s1. The van der Waals surface area contributed by atoms with E-state index in [0.29, 0.717) is 11.5 Å². The van der Waals surface area contributed by atoms with E-state index in [-0.39, 0.29) is 6.42 Å². The maximum absolute atomic E-state index is 10.8. The number of rotatable bonds is 7. The molecule has 0 aliphatic heterocycles. The number of ether oxygens (including phenoxy) is 1. The highest BCUT2D eigenvalue weighted by Gasteiger charge is 2.11. The van der Waals surface area contributed by atoms with Crippen LogP contribution in [0.15, 0.2) is 72.9 Å². The lowest BCUT2D eigenvalue weighted by Gasteiger charge is -2.10. The number of aliphatic carboxylic acids is 1. The predicted molar refractivity (Wildman–Crippen MR) is 99.8 cm³/mol. The number of nitrogens with one attached hydrogen (secondary N) is 1. The summed E-state index contributed by atoms with van der Waals surface area (Å²) in [5.74, 6) is 1.13. The molecular formula is C20H19N3O3. The zero-order valence-electron chi connectivity index (χ0n) is 14.0. The molecule has 0 aliphatic carbocycles. The quantitative estimate of drug-likeness (QED) is 0.603. The second-order valence-electron chi connectivity index (χ2n) is 5.76. The molecule has 6 heteroatoms. The van der Waals surface area contributed by atoms with E-state index >= 15 is 0 Å². The lowest BCUT2D eigenvalue weighted by Crippen LogP contribution is -2.32. The first-order valence-corrected chi connectivity index (χ1v) is 8.13. The van der Waals surface area contributed by atoms with Gasteiger partial charge in [-0.1, -0.05) is 18.2 Å². The van der Waals surface area contributed by atoms with Crippen LogP contribution in [0, 0.1) is 0 Å². The van der Waals surface area contributed by atoms with Gasteiger partial charge in [-0.25, -0.2) is 4.98 Å². The number of carboxylic acid groups (broad SMARTS) is 1. The summed E-state index contributed by atoms with van der Waals surface area (Å²) in [5, 5.41) is 12.1. The van der Waals surface area contributed by atoms with Crippen molar-refractivity contribution in [1.29, 1.82) is 0 Å². The van der Waals surface area contributed by atoms with E-state index in [1.54, 1.807) is 18.3 Å². The highest BCUT2D eigenvalue weighted by Crippen LogP contribution is 2.24. The number of hydrogen-bond donors (Lipinski definition) is 3. The molecule has 0 bridgehead atoms. The first-order valence-electron chi connectivity index (χ1n) is 8.13. The minimum atomic E-state index is -1.01. The van der Waals surface area contributed by atoms with E-state index in [0.717, 1.165) is 17.1 Å². The van der Waals surface area contributed by atoms with Crippen molar-refractivity contribution in [3.05, 3.63) is 78.5 Å². The maximum atomic E-state index is 10.8. The number of anilines is 2. The molecule has 1 atom stereocenters. The molecule has 3 aromatic rings. The molecule has 1 heterocycles. The summed E-state index contributed by atoms with van der Waals surface area (Å²) in [5.41, 5.74) is 7.30. The molecule has 0 saturated carbocycles. The van der Waals surface area contributed by atoms with Gasteiger partial charge in [0.15, 0.2) is 0 Å². The molecule has 6 nitrogen and oxygen atoms in total. The van der Waals surface area contributed by atoms with Gasteiger partial charge in [0, 0.05) is 11.9 Å².